The number of nitrogens with one attached hydrogen (secondary N) is 2. The second-order valence-electron chi connectivity index (χ2n) is 4.51. The number of urea groups is 1. The maximum atomic E-state index is 11.8. The summed E-state index contributed by atoms with van der Waals surface area (Å²) in [6.45, 7) is 0.436. The van der Waals surface area contributed by atoms with Crippen molar-refractivity contribution in [1.82, 2.24) is 5.32 Å². The summed E-state index contributed by atoms with van der Waals surface area (Å²) in [6.07, 6.45) is 0. The first-order chi connectivity index (χ1) is 10.2. The monoisotopic (exact) mass is 286 g/mol. The molecule has 0 saturated heterocycles. The third-order valence-corrected chi connectivity index (χ3v) is 2.99. The molecule has 2 aromatic carbocycles. The van der Waals surface area contributed by atoms with E-state index in [1.165, 1.54) is 0 Å². The summed E-state index contributed by atoms with van der Waals surface area (Å²) in [5.41, 5.74) is 2.48. The lowest BCUT2D eigenvalue weighted by Crippen LogP contribution is -2.28. The summed E-state index contributed by atoms with van der Waals surface area (Å²) >= 11 is 0. The molecule has 0 radical (unpaired) electrons. The van der Waals surface area contributed by atoms with E-state index in [-0.39, 0.29) is 12.6 Å². The fourth-order valence-corrected chi connectivity index (χ4v) is 1.82. The molecule has 2 aromatic rings. The molecule has 0 aliphatic rings. The number of aliphatic hydroxyl groups is 1. The number of rotatable bonds is 5. The van der Waals surface area contributed by atoms with Gasteiger partial charge >= 0.3 is 6.03 Å². The molecule has 0 spiro atoms. The van der Waals surface area contributed by atoms with Gasteiger partial charge in [-0.25, -0.2) is 4.79 Å². The van der Waals surface area contributed by atoms with Gasteiger partial charge in [-0.15, -0.1) is 0 Å². The molecule has 0 aliphatic carbocycles. The summed E-state index contributed by atoms with van der Waals surface area (Å²) in [5.74, 6) is 0.687. The van der Waals surface area contributed by atoms with Crippen LogP contribution in [0.15, 0.2) is 48.5 Å². The topological polar surface area (TPSA) is 70.6 Å². The van der Waals surface area contributed by atoms with Crippen LogP contribution in [0.3, 0.4) is 0 Å². The number of methoxy groups -OCH3 is 1. The van der Waals surface area contributed by atoms with E-state index >= 15 is 0 Å². The van der Waals surface area contributed by atoms with Crippen molar-refractivity contribution in [2.45, 2.75) is 13.2 Å². The zero-order chi connectivity index (χ0) is 15.1. The van der Waals surface area contributed by atoms with Crippen molar-refractivity contribution in [1.29, 1.82) is 0 Å². The fraction of sp³-hybridized carbons (Fsp3) is 0.188. The highest BCUT2D eigenvalue weighted by molar-refractivity contribution is 5.89. The number of hydrogen-bond acceptors (Lipinski definition) is 3. The van der Waals surface area contributed by atoms with Crippen LogP contribution >= 0.6 is 0 Å². The lowest BCUT2D eigenvalue weighted by atomic mass is 10.1. The Labute approximate surface area is 123 Å². The summed E-state index contributed by atoms with van der Waals surface area (Å²) in [5, 5.41) is 14.5. The van der Waals surface area contributed by atoms with Gasteiger partial charge in [0.25, 0.3) is 0 Å². The molecule has 2 rings (SSSR count). The highest BCUT2D eigenvalue weighted by Gasteiger charge is 2.03. The molecule has 0 saturated carbocycles. The van der Waals surface area contributed by atoms with Crippen molar-refractivity contribution in [3.8, 4) is 5.75 Å². The Kier molecular flexibility index (Phi) is 5.17. The quantitative estimate of drug-likeness (QED) is 0.791. The lowest BCUT2D eigenvalue weighted by molar-refractivity contribution is 0.251. The SMILES string of the molecule is COc1cccc(NC(=O)NCc2ccc(CO)cc2)c1. The van der Waals surface area contributed by atoms with Crippen LogP contribution in [0.4, 0.5) is 10.5 Å². The molecule has 2 amide bonds. The Morgan fingerprint density at radius 3 is 2.52 bits per heavy atom. The molecule has 0 fully saturated rings. The van der Waals surface area contributed by atoms with E-state index < -0.39 is 0 Å². The minimum absolute atomic E-state index is 0.0179. The van der Waals surface area contributed by atoms with Crippen molar-refractivity contribution < 1.29 is 14.6 Å². The summed E-state index contributed by atoms with van der Waals surface area (Å²) in [7, 11) is 1.58. The minimum Gasteiger partial charge on any atom is -0.497 e. The number of anilines is 1. The summed E-state index contributed by atoms with van der Waals surface area (Å²) < 4.78 is 5.10. The zero-order valence-electron chi connectivity index (χ0n) is 11.8. The normalized spacial score (nSPS) is 10.0. The maximum absolute atomic E-state index is 11.8. The second-order valence-corrected chi connectivity index (χ2v) is 4.51. The standard InChI is InChI=1S/C16H18N2O3/c1-21-15-4-2-3-14(9-15)18-16(20)17-10-12-5-7-13(11-19)8-6-12/h2-9,19H,10-11H2,1H3,(H2,17,18,20). The Hall–Kier alpha value is -2.53. The predicted octanol–water partition coefficient (Wildman–Crippen LogP) is 2.51. The van der Waals surface area contributed by atoms with Crippen LogP contribution in [0.5, 0.6) is 5.75 Å². The Bertz CT molecular complexity index is 597. The Balaban J connectivity index is 1.86. The van der Waals surface area contributed by atoms with Crippen LogP contribution in [0.25, 0.3) is 0 Å². The average molecular weight is 286 g/mol. The van der Waals surface area contributed by atoms with E-state index in [9.17, 15) is 4.79 Å². The first-order valence-electron chi connectivity index (χ1n) is 6.59. The molecule has 0 heterocycles. The number of aliphatic hydroxyl groups excluding tert-OH is 1. The molecule has 3 N–H and O–H groups in total. The number of amides is 2. The van der Waals surface area contributed by atoms with Crippen molar-refractivity contribution in [3.63, 3.8) is 0 Å². The van der Waals surface area contributed by atoms with E-state index in [4.69, 9.17) is 9.84 Å². The number of hydrogen-bond donors (Lipinski definition) is 3. The van der Waals surface area contributed by atoms with Gasteiger partial charge in [0.2, 0.25) is 0 Å². The molecule has 0 unspecified atom stereocenters. The highest BCUT2D eigenvalue weighted by Crippen LogP contribution is 2.16. The van der Waals surface area contributed by atoms with Gasteiger partial charge in [0.05, 0.1) is 13.7 Å². The highest BCUT2D eigenvalue weighted by atomic mass is 16.5. The van der Waals surface area contributed by atoms with Crippen LogP contribution in [0.1, 0.15) is 11.1 Å². The van der Waals surface area contributed by atoms with Gasteiger partial charge in [-0.3, -0.25) is 0 Å². The molecule has 5 heteroatoms. The van der Waals surface area contributed by atoms with Crippen molar-refractivity contribution in [2.75, 3.05) is 12.4 Å². The van der Waals surface area contributed by atoms with Crippen molar-refractivity contribution >= 4 is 11.7 Å². The number of carbonyl (C=O) groups excluding carboxylic acids is 1. The largest absolute Gasteiger partial charge is 0.497 e. The number of benzene rings is 2. The van der Waals surface area contributed by atoms with Crippen molar-refractivity contribution in [3.05, 3.63) is 59.7 Å². The van der Waals surface area contributed by atoms with Crippen molar-refractivity contribution in [2.24, 2.45) is 0 Å². The molecule has 5 nitrogen and oxygen atoms in total. The molecular formula is C16H18N2O3. The molecular weight excluding hydrogens is 268 g/mol. The van der Waals surface area contributed by atoms with Crippen LogP contribution < -0.4 is 15.4 Å². The van der Waals surface area contributed by atoms with Crippen LogP contribution in [0, 0.1) is 0 Å². The van der Waals surface area contributed by atoms with Gasteiger partial charge in [-0.2, -0.15) is 0 Å². The minimum atomic E-state index is -0.283. The summed E-state index contributed by atoms with van der Waals surface area (Å²) in [4.78, 5) is 11.8. The predicted molar refractivity (Wildman–Crippen MR) is 81.2 cm³/mol. The third-order valence-electron chi connectivity index (χ3n) is 2.99. The fourth-order valence-electron chi connectivity index (χ4n) is 1.82. The van der Waals surface area contributed by atoms with E-state index in [1.807, 2.05) is 36.4 Å². The molecule has 110 valence electrons. The average Bonchev–Trinajstić information content (AvgIpc) is 2.53. The molecule has 0 atom stereocenters. The lowest BCUT2D eigenvalue weighted by Gasteiger charge is -2.09. The van der Waals surface area contributed by atoms with E-state index in [2.05, 4.69) is 10.6 Å². The molecule has 21 heavy (non-hydrogen) atoms. The van der Waals surface area contributed by atoms with Gasteiger partial charge in [0.1, 0.15) is 5.75 Å². The molecule has 0 bridgehead atoms. The van der Waals surface area contributed by atoms with E-state index in [1.54, 1.807) is 19.2 Å². The van der Waals surface area contributed by atoms with Gasteiger partial charge in [-0.1, -0.05) is 30.3 Å². The third kappa shape index (κ3) is 4.50. The van der Waals surface area contributed by atoms with Crippen LogP contribution in [0.2, 0.25) is 0 Å². The maximum Gasteiger partial charge on any atom is 0.319 e. The first-order valence-corrected chi connectivity index (χ1v) is 6.59. The van der Waals surface area contributed by atoms with Gasteiger partial charge in [0.15, 0.2) is 0 Å². The van der Waals surface area contributed by atoms with E-state index in [0.29, 0.717) is 18.0 Å². The van der Waals surface area contributed by atoms with E-state index in [0.717, 1.165) is 11.1 Å². The summed E-state index contributed by atoms with van der Waals surface area (Å²) in [6, 6.07) is 14.3. The van der Waals surface area contributed by atoms with Crippen LogP contribution in [-0.2, 0) is 13.2 Å². The molecule has 0 aromatic heterocycles. The van der Waals surface area contributed by atoms with Gasteiger partial charge < -0.3 is 20.5 Å². The first kappa shape index (κ1) is 14.9. The second kappa shape index (κ2) is 7.31. The Morgan fingerprint density at radius 1 is 1.14 bits per heavy atom. The van der Waals surface area contributed by atoms with Crippen LogP contribution in [-0.4, -0.2) is 18.2 Å². The van der Waals surface area contributed by atoms with Gasteiger partial charge in [-0.05, 0) is 23.3 Å². The van der Waals surface area contributed by atoms with Gasteiger partial charge in [0, 0.05) is 18.3 Å². The smallest absolute Gasteiger partial charge is 0.319 e. The zero-order valence-corrected chi connectivity index (χ0v) is 11.8. The Morgan fingerprint density at radius 2 is 1.86 bits per heavy atom. The molecule has 0 aliphatic heterocycles. The number of ether oxygens (including phenoxy) is 1. The number of carbonyl (C=O) groups is 1.